The molecule has 0 aliphatic heterocycles. The number of hydrogen-bond donors (Lipinski definition) is 0. The van der Waals surface area contributed by atoms with Crippen LogP contribution < -0.4 is 0 Å². The van der Waals surface area contributed by atoms with Crippen LogP contribution in [-0.4, -0.2) is 49.4 Å². The quantitative estimate of drug-likeness (QED) is 0.550. The zero-order valence-electron chi connectivity index (χ0n) is 16.9. The van der Waals surface area contributed by atoms with Gasteiger partial charge in [-0.2, -0.15) is 0 Å². The molecule has 3 aromatic rings. The highest BCUT2D eigenvalue weighted by atomic mass is 32.2. The van der Waals surface area contributed by atoms with E-state index < -0.39 is 0 Å². The van der Waals surface area contributed by atoms with E-state index in [0.29, 0.717) is 17.0 Å². The second kappa shape index (κ2) is 9.38. The summed E-state index contributed by atoms with van der Waals surface area (Å²) in [6.07, 6.45) is 9.15. The Morgan fingerprint density at radius 2 is 1.80 bits per heavy atom. The second-order valence-corrected chi connectivity index (χ2v) is 8.38. The van der Waals surface area contributed by atoms with E-state index >= 15 is 0 Å². The van der Waals surface area contributed by atoms with Crippen LogP contribution in [0.5, 0.6) is 0 Å². The van der Waals surface area contributed by atoms with Crippen molar-refractivity contribution in [3.05, 3.63) is 54.6 Å². The third-order valence-electron chi connectivity index (χ3n) is 5.50. The van der Waals surface area contributed by atoms with Gasteiger partial charge in [0.05, 0.1) is 5.75 Å². The lowest BCUT2D eigenvalue weighted by Gasteiger charge is -2.31. The molecule has 1 saturated carbocycles. The van der Waals surface area contributed by atoms with Gasteiger partial charge in [-0.1, -0.05) is 31.0 Å². The molecule has 8 heteroatoms. The Bertz CT molecular complexity index is 987. The maximum absolute atomic E-state index is 13.5. The molecule has 30 heavy (non-hydrogen) atoms. The smallest absolute Gasteiger partial charge is 0.233 e. The Labute approximate surface area is 179 Å². The summed E-state index contributed by atoms with van der Waals surface area (Å²) in [4.78, 5) is 18.7. The SMILES string of the molecule is CN(C(=O)CSc1nnc(-c2ccncc2)n1-c1ccc(F)cc1)C1CCCCC1. The Morgan fingerprint density at radius 1 is 1.10 bits per heavy atom. The lowest BCUT2D eigenvalue weighted by atomic mass is 9.94. The molecule has 0 bridgehead atoms. The third-order valence-corrected chi connectivity index (χ3v) is 6.41. The summed E-state index contributed by atoms with van der Waals surface area (Å²) in [6.45, 7) is 0. The first kappa shape index (κ1) is 20.5. The van der Waals surface area contributed by atoms with Crippen molar-refractivity contribution in [2.75, 3.05) is 12.8 Å². The summed E-state index contributed by atoms with van der Waals surface area (Å²) in [5.41, 5.74) is 1.59. The highest BCUT2D eigenvalue weighted by molar-refractivity contribution is 7.99. The average molecular weight is 426 g/mol. The van der Waals surface area contributed by atoms with Gasteiger partial charge in [0.25, 0.3) is 0 Å². The van der Waals surface area contributed by atoms with E-state index in [2.05, 4.69) is 15.2 Å². The first-order valence-corrected chi connectivity index (χ1v) is 11.1. The molecule has 2 heterocycles. The number of carbonyl (C=O) groups is 1. The van der Waals surface area contributed by atoms with Crippen molar-refractivity contribution in [3.8, 4) is 17.1 Å². The molecule has 0 atom stereocenters. The normalized spacial score (nSPS) is 14.6. The number of amides is 1. The van der Waals surface area contributed by atoms with E-state index in [4.69, 9.17) is 0 Å². The number of aromatic nitrogens is 4. The van der Waals surface area contributed by atoms with Crippen LogP contribution in [0.1, 0.15) is 32.1 Å². The minimum absolute atomic E-state index is 0.0889. The van der Waals surface area contributed by atoms with Crippen molar-refractivity contribution in [2.45, 2.75) is 43.3 Å². The lowest BCUT2D eigenvalue weighted by Crippen LogP contribution is -2.39. The molecular weight excluding hydrogens is 401 g/mol. The number of nitrogens with zero attached hydrogens (tertiary/aromatic N) is 5. The molecular formula is C22H24FN5OS. The molecule has 1 fully saturated rings. The molecule has 1 amide bonds. The number of hydrogen-bond acceptors (Lipinski definition) is 5. The fourth-order valence-corrected chi connectivity index (χ4v) is 4.65. The van der Waals surface area contributed by atoms with Crippen LogP contribution in [0.3, 0.4) is 0 Å². The Balaban J connectivity index is 1.57. The topological polar surface area (TPSA) is 63.9 Å². The van der Waals surface area contributed by atoms with Gasteiger partial charge in [0.15, 0.2) is 11.0 Å². The van der Waals surface area contributed by atoms with Crippen LogP contribution in [0.25, 0.3) is 17.1 Å². The molecule has 0 spiro atoms. The summed E-state index contributed by atoms with van der Waals surface area (Å²) in [5.74, 6) is 0.684. The third kappa shape index (κ3) is 4.53. The van der Waals surface area contributed by atoms with Crippen molar-refractivity contribution in [1.29, 1.82) is 0 Å². The first-order chi connectivity index (χ1) is 14.6. The van der Waals surface area contributed by atoms with Gasteiger partial charge in [-0.3, -0.25) is 14.3 Å². The molecule has 0 N–H and O–H groups in total. The molecule has 0 unspecified atom stereocenters. The summed E-state index contributed by atoms with van der Waals surface area (Å²) in [6, 6.07) is 10.2. The van der Waals surface area contributed by atoms with Gasteiger partial charge in [0.2, 0.25) is 5.91 Å². The van der Waals surface area contributed by atoms with Crippen molar-refractivity contribution < 1.29 is 9.18 Å². The van der Waals surface area contributed by atoms with E-state index in [1.165, 1.54) is 43.2 Å². The second-order valence-electron chi connectivity index (χ2n) is 7.44. The van der Waals surface area contributed by atoms with Gasteiger partial charge in [-0.15, -0.1) is 10.2 Å². The molecule has 1 aromatic carbocycles. The fourth-order valence-electron chi connectivity index (χ4n) is 3.77. The minimum atomic E-state index is -0.309. The monoisotopic (exact) mass is 425 g/mol. The van der Waals surface area contributed by atoms with Crippen molar-refractivity contribution >= 4 is 17.7 Å². The molecule has 2 aromatic heterocycles. The van der Waals surface area contributed by atoms with E-state index in [1.807, 2.05) is 28.6 Å². The molecule has 1 aliphatic rings. The zero-order chi connectivity index (χ0) is 20.9. The van der Waals surface area contributed by atoms with Gasteiger partial charge >= 0.3 is 0 Å². The number of rotatable bonds is 6. The molecule has 1 aliphatic carbocycles. The Hall–Kier alpha value is -2.74. The van der Waals surface area contributed by atoms with Crippen LogP contribution in [0.4, 0.5) is 4.39 Å². The van der Waals surface area contributed by atoms with Crippen LogP contribution in [-0.2, 0) is 4.79 Å². The van der Waals surface area contributed by atoms with E-state index in [0.717, 1.165) is 24.1 Å². The Kier molecular flexibility index (Phi) is 6.42. The van der Waals surface area contributed by atoms with Crippen molar-refractivity contribution in [1.82, 2.24) is 24.6 Å². The summed E-state index contributed by atoms with van der Waals surface area (Å²) in [7, 11) is 1.89. The average Bonchev–Trinajstić information content (AvgIpc) is 3.22. The summed E-state index contributed by atoms with van der Waals surface area (Å²) >= 11 is 1.35. The van der Waals surface area contributed by atoms with Crippen LogP contribution in [0.2, 0.25) is 0 Å². The van der Waals surface area contributed by atoms with Gasteiger partial charge in [-0.25, -0.2) is 4.39 Å². The number of thioether (sulfide) groups is 1. The lowest BCUT2D eigenvalue weighted by molar-refractivity contribution is -0.129. The van der Waals surface area contributed by atoms with Crippen LogP contribution in [0, 0.1) is 5.82 Å². The van der Waals surface area contributed by atoms with E-state index in [1.54, 1.807) is 24.5 Å². The number of benzene rings is 1. The maximum Gasteiger partial charge on any atom is 0.233 e. The summed E-state index contributed by atoms with van der Waals surface area (Å²) in [5, 5.41) is 9.27. The van der Waals surface area contributed by atoms with E-state index in [-0.39, 0.29) is 17.5 Å². The van der Waals surface area contributed by atoms with Crippen molar-refractivity contribution in [3.63, 3.8) is 0 Å². The predicted octanol–water partition coefficient (Wildman–Crippen LogP) is 4.35. The predicted molar refractivity (Wildman–Crippen MR) is 115 cm³/mol. The molecule has 0 radical (unpaired) electrons. The number of carbonyl (C=O) groups excluding carboxylic acids is 1. The van der Waals surface area contributed by atoms with Gasteiger partial charge in [-0.05, 0) is 49.2 Å². The molecule has 6 nitrogen and oxygen atoms in total. The summed E-state index contributed by atoms with van der Waals surface area (Å²) < 4.78 is 15.3. The minimum Gasteiger partial charge on any atom is -0.342 e. The standard InChI is InChI=1S/C22H24FN5OS/c1-27(18-5-3-2-4-6-18)20(29)15-30-22-26-25-21(16-11-13-24-14-12-16)28(22)19-9-7-17(23)8-10-19/h7-14,18H,2-6,15H2,1H3. The number of pyridine rings is 1. The number of halogens is 1. The van der Waals surface area contributed by atoms with Crippen LogP contribution >= 0.6 is 11.8 Å². The Morgan fingerprint density at radius 3 is 2.50 bits per heavy atom. The highest BCUT2D eigenvalue weighted by Crippen LogP contribution is 2.29. The van der Waals surface area contributed by atoms with E-state index in [9.17, 15) is 9.18 Å². The van der Waals surface area contributed by atoms with Gasteiger partial charge in [0.1, 0.15) is 5.82 Å². The fraction of sp³-hybridized carbons (Fsp3) is 0.364. The zero-order valence-corrected chi connectivity index (χ0v) is 17.7. The first-order valence-electron chi connectivity index (χ1n) is 10.1. The molecule has 156 valence electrons. The molecule has 4 rings (SSSR count). The van der Waals surface area contributed by atoms with Crippen LogP contribution in [0.15, 0.2) is 53.9 Å². The van der Waals surface area contributed by atoms with Crippen molar-refractivity contribution in [2.24, 2.45) is 0 Å². The highest BCUT2D eigenvalue weighted by Gasteiger charge is 2.23. The maximum atomic E-state index is 13.5. The van der Waals surface area contributed by atoms with Gasteiger partial charge < -0.3 is 4.90 Å². The molecule has 0 saturated heterocycles. The van der Waals surface area contributed by atoms with Gasteiger partial charge in [0, 0.05) is 36.7 Å². The largest absolute Gasteiger partial charge is 0.342 e.